The number of carbonyl (C=O) groups excluding carboxylic acids is 2. The number of thiazole rings is 1. The minimum absolute atomic E-state index is 0.0148. The van der Waals surface area contributed by atoms with Crippen molar-refractivity contribution in [3.05, 3.63) is 40.3 Å². The summed E-state index contributed by atoms with van der Waals surface area (Å²) in [4.78, 5) is 29.5. The first-order chi connectivity index (χ1) is 12.0. The molecule has 0 aromatic carbocycles. The molecule has 0 aliphatic carbocycles. The standard InChI is InChI=1S/C16H15N3O4S2/c1-9-6-13(23-19-9)18-15(21)10(2)22-14(20)7-11-8-25-16(17-11)12-4-3-5-24-12/h3-6,8,10H,7H2,1-2H3,(H,18,21). The lowest BCUT2D eigenvalue weighted by Gasteiger charge is -2.11. The molecule has 1 N–H and O–H groups in total. The highest BCUT2D eigenvalue weighted by Gasteiger charge is 2.20. The van der Waals surface area contributed by atoms with Gasteiger partial charge in [0.15, 0.2) is 6.10 Å². The Kier molecular flexibility index (Phi) is 5.25. The van der Waals surface area contributed by atoms with Crippen LogP contribution in [-0.2, 0) is 20.7 Å². The molecule has 3 heterocycles. The van der Waals surface area contributed by atoms with Gasteiger partial charge in [0.1, 0.15) is 5.01 Å². The summed E-state index contributed by atoms with van der Waals surface area (Å²) in [5.41, 5.74) is 1.27. The number of aromatic nitrogens is 2. The summed E-state index contributed by atoms with van der Waals surface area (Å²) in [6, 6.07) is 5.50. The molecule has 1 atom stereocenters. The lowest BCUT2D eigenvalue weighted by molar-refractivity contribution is -0.152. The number of amides is 1. The van der Waals surface area contributed by atoms with Crippen LogP contribution in [0.1, 0.15) is 18.3 Å². The summed E-state index contributed by atoms with van der Waals surface area (Å²) in [5, 5.41) is 10.8. The fourth-order valence-corrected chi connectivity index (χ4v) is 3.62. The number of hydrogen-bond donors (Lipinski definition) is 1. The first-order valence-electron chi connectivity index (χ1n) is 7.43. The number of rotatable bonds is 6. The molecular weight excluding hydrogens is 362 g/mol. The number of nitrogens with one attached hydrogen (secondary N) is 1. The van der Waals surface area contributed by atoms with Gasteiger partial charge < -0.3 is 9.26 Å². The topological polar surface area (TPSA) is 94.3 Å². The third kappa shape index (κ3) is 4.52. The minimum atomic E-state index is -0.951. The molecule has 0 bridgehead atoms. The molecule has 3 aromatic rings. The first kappa shape index (κ1) is 17.3. The van der Waals surface area contributed by atoms with Crippen LogP contribution in [0.2, 0.25) is 0 Å². The minimum Gasteiger partial charge on any atom is -0.452 e. The van der Waals surface area contributed by atoms with E-state index in [1.54, 1.807) is 24.3 Å². The predicted molar refractivity (Wildman–Crippen MR) is 94.6 cm³/mol. The summed E-state index contributed by atoms with van der Waals surface area (Å²) in [6.07, 6.45) is -0.936. The van der Waals surface area contributed by atoms with E-state index in [1.165, 1.54) is 18.3 Å². The van der Waals surface area contributed by atoms with E-state index in [1.807, 2.05) is 22.9 Å². The van der Waals surface area contributed by atoms with Crippen LogP contribution in [-0.4, -0.2) is 28.1 Å². The largest absolute Gasteiger partial charge is 0.452 e. The van der Waals surface area contributed by atoms with Crippen molar-refractivity contribution in [3.63, 3.8) is 0 Å². The number of aryl methyl sites for hydroxylation is 1. The SMILES string of the molecule is Cc1cc(NC(=O)C(C)OC(=O)Cc2csc(-c3cccs3)n2)on1. The normalized spacial score (nSPS) is 11.9. The van der Waals surface area contributed by atoms with Gasteiger partial charge in [0.05, 0.1) is 22.7 Å². The van der Waals surface area contributed by atoms with Gasteiger partial charge in [-0.15, -0.1) is 22.7 Å². The monoisotopic (exact) mass is 377 g/mol. The number of hydrogen-bond acceptors (Lipinski definition) is 8. The van der Waals surface area contributed by atoms with Crippen LogP contribution in [0.3, 0.4) is 0 Å². The van der Waals surface area contributed by atoms with Crippen molar-refractivity contribution in [2.45, 2.75) is 26.4 Å². The second kappa shape index (κ2) is 7.58. The zero-order valence-corrected chi connectivity index (χ0v) is 15.1. The molecule has 3 rings (SSSR count). The summed E-state index contributed by atoms with van der Waals surface area (Å²) in [7, 11) is 0. The smallest absolute Gasteiger partial charge is 0.312 e. The van der Waals surface area contributed by atoms with Crippen LogP contribution in [0.4, 0.5) is 5.88 Å². The van der Waals surface area contributed by atoms with Gasteiger partial charge in [-0.25, -0.2) is 4.98 Å². The highest BCUT2D eigenvalue weighted by Crippen LogP contribution is 2.27. The molecule has 0 saturated heterocycles. The molecule has 0 aliphatic heterocycles. The molecule has 0 spiro atoms. The van der Waals surface area contributed by atoms with Gasteiger partial charge in [-0.3, -0.25) is 14.9 Å². The van der Waals surface area contributed by atoms with Crippen LogP contribution in [0, 0.1) is 6.92 Å². The Morgan fingerprint density at radius 2 is 2.24 bits per heavy atom. The van der Waals surface area contributed by atoms with Gasteiger partial charge in [-0.05, 0) is 25.3 Å². The van der Waals surface area contributed by atoms with Gasteiger partial charge in [0.2, 0.25) is 5.88 Å². The Labute approximate surface area is 151 Å². The number of nitrogens with zero attached hydrogens (tertiary/aromatic N) is 2. The molecule has 130 valence electrons. The summed E-state index contributed by atoms with van der Waals surface area (Å²) >= 11 is 3.06. The van der Waals surface area contributed by atoms with Gasteiger partial charge in [-0.2, -0.15) is 0 Å². The summed E-state index contributed by atoms with van der Waals surface area (Å²) < 4.78 is 10.0. The lowest BCUT2D eigenvalue weighted by atomic mass is 10.3. The van der Waals surface area contributed by atoms with E-state index in [2.05, 4.69) is 15.5 Å². The Morgan fingerprint density at radius 3 is 2.92 bits per heavy atom. The van der Waals surface area contributed by atoms with Crippen molar-refractivity contribution in [3.8, 4) is 9.88 Å². The van der Waals surface area contributed by atoms with E-state index >= 15 is 0 Å². The second-order valence-electron chi connectivity index (χ2n) is 5.25. The number of esters is 1. The average molecular weight is 377 g/mol. The summed E-state index contributed by atoms with van der Waals surface area (Å²) in [6.45, 7) is 3.23. The third-order valence-corrected chi connectivity index (χ3v) is 5.09. The maximum absolute atomic E-state index is 12.0. The first-order valence-corrected chi connectivity index (χ1v) is 9.19. The van der Waals surface area contributed by atoms with Crippen molar-refractivity contribution < 1.29 is 18.8 Å². The van der Waals surface area contributed by atoms with Crippen LogP contribution < -0.4 is 5.32 Å². The zero-order chi connectivity index (χ0) is 17.8. The van der Waals surface area contributed by atoms with Crippen LogP contribution in [0.25, 0.3) is 9.88 Å². The average Bonchev–Trinajstić information content (AvgIpc) is 3.28. The highest BCUT2D eigenvalue weighted by molar-refractivity contribution is 7.20. The number of ether oxygens (including phenoxy) is 1. The van der Waals surface area contributed by atoms with E-state index in [4.69, 9.17) is 9.26 Å². The molecule has 7 nitrogen and oxygen atoms in total. The Morgan fingerprint density at radius 1 is 1.40 bits per heavy atom. The number of thiophene rings is 1. The fourth-order valence-electron chi connectivity index (χ4n) is 1.99. The molecule has 25 heavy (non-hydrogen) atoms. The Hall–Kier alpha value is -2.52. The molecule has 0 aliphatic rings. The molecule has 1 unspecified atom stereocenters. The number of carbonyl (C=O) groups is 2. The molecule has 0 saturated carbocycles. The predicted octanol–water partition coefficient (Wildman–Crippen LogP) is 3.28. The Bertz CT molecular complexity index is 870. The Balaban J connectivity index is 1.52. The van der Waals surface area contributed by atoms with E-state index in [0.717, 1.165) is 9.88 Å². The second-order valence-corrected chi connectivity index (χ2v) is 7.06. The fraction of sp³-hybridized carbons (Fsp3) is 0.250. The van der Waals surface area contributed by atoms with Crippen molar-refractivity contribution in [1.82, 2.24) is 10.1 Å². The van der Waals surface area contributed by atoms with Gasteiger partial charge in [0, 0.05) is 11.4 Å². The molecular formula is C16H15N3O4S2. The molecule has 3 aromatic heterocycles. The van der Waals surface area contributed by atoms with Gasteiger partial charge >= 0.3 is 5.97 Å². The molecule has 0 radical (unpaired) electrons. The van der Waals surface area contributed by atoms with Gasteiger partial charge in [0.25, 0.3) is 5.91 Å². The van der Waals surface area contributed by atoms with Crippen LogP contribution in [0.15, 0.2) is 33.5 Å². The van der Waals surface area contributed by atoms with Gasteiger partial charge in [-0.1, -0.05) is 11.2 Å². The molecule has 0 fully saturated rings. The van der Waals surface area contributed by atoms with Crippen molar-refractivity contribution >= 4 is 40.4 Å². The maximum Gasteiger partial charge on any atom is 0.312 e. The summed E-state index contributed by atoms with van der Waals surface area (Å²) in [5.74, 6) is -0.785. The van der Waals surface area contributed by atoms with Crippen molar-refractivity contribution in [2.24, 2.45) is 0 Å². The number of anilines is 1. The van der Waals surface area contributed by atoms with E-state index in [-0.39, 0.29) is 12.3 Å². The van der Waals surface area contributed by atoms with Crippen molar-refractivity contribution in [1.29, 1.82) is 0 Å². The van der Waals surface area contributed by atoms with E-state index in [0.29, 0.717) is 11.4 Å². The zero-order valence-electron chi connectivity index (χ0n) is 13.5. The van der Waals surface area contributed by atoms with Crippen molar-refractivity contribution in [2.75, 3.05) is 5.32 Å². The lowest BCUT2D eigenvalue weighted by Crippen LogP contribution is -2.30. The van der Waals surface area contributed by atoms with E-state index in [9.17, 15) is 9.59 Å². The van der Waals surface area contributed by atoms with Crippen LogP contribution >= 0.6 is 22.7 Å². The highest BCUT2D eigenvalue weighted by atomic mass is 32.1. The molecule has 9 heteroatoms. The maximum atomic E-state index is 12.0. The van der Waals surface area contributed by atoms with Crippen LogP contribution in [0.5, 0.6) is 0 Å². The third-order valence-electron chi connectivity index (χ3n) is 3.16. The molecule has 1 amide bonds. The quantitative estimate of drug-likeness (QED) is 0.663. The van der Waals surface area contributed by atoms with E-state index < -0.39 is 18.0 Å².